The van der Waals surface area contributed by atoms with Crippen LogP contribution in [0.1, 0.15) is 33.0 Å². The second-order valence-corrected chi connectivity index (χ2v) is 7.81. The van der Waals surface area contributed by atoms with E-state index in [1.165, 1.54) is 0 Å². The number of hydrogen-bond acceptors (Lipinski definition) is 6. The third-order valence-corrected chi connectivity index (χ3v) is 5.18. The summed E-state index contributed by atoms with van der Waals surface area (Å²) in [6.45, 7) is 13.7. The fraction of sp³-hybridized carbons (Fsp3) is 0.667. The highest BCUT2D eigenvalue weighted by Gasteiger charge is 2.20. The number of ether oxygens (including phenoxy) is 1. The van der Waals surface area contributed by atoms with Crippen molar-refractivity contribution in [3.8, 4) is 0 Å². The van der Waals surface area contributed by atoms with E-state index in [2.05, 4.69) is 24.7 Å². The lowest BCUT2D eigenvalue weighted by atomic mass is 10.2. The Labute approximate surface area is 173 Å². The number of nitrogens with zero attached hydrogens (tertiary/aromatic N) is 5. The molecule has 3 heterocycles. The number of hydrogen-bond donors (Lipinski definition) is 1. The highest BCUT2D eigenvalue weighted by atomic mass is 16.5. The molecule has 1 saturated heterocycles. The largest absolute Gasteiger partial charge is 0.380 e. The molecule has 3 rings (SSSR count). The van der Waals surface area contributed by atoms with Crippen molar-refractivity contribution in [1.29, 1.82) is 0 Å². The predicted molar refractivity (Wildman–Crippen MR) is 114 cm³/mol. The maximum Gasteiger partial charge on any atom is 0.221 e. The van der Waals surface area contributed by atoms with Crippen LogP contribution < -0.4 is 5.32 Å². The number of nitrogens with one attached hydrogen (secondary N) is 1. The van der Waals surface area contributed by atoms with Crippen LogP contribution in [-0.2, 0) is 22.6 Å². The van der Waals surface area contributed by atoms with Crippen LogP contribution in [0, 0.1) is 0 Å². The van der Waals surface area contributed by atoms with Gasteiger partial charge in [-0.1, -0.05) is 0 Å². The van der Waals surface area contributed by atoms with Gasteiger partial charge in [0.1, 0.15) is 11.3 Å². The Hall–Kier alpha value is -2.03. The van der Waals surface area contributed by atoms with Gasteiger partial charge in [-0.3, -0.25) is 9.69 Å². The molecule has 1 N–H and O–H groups in total. The van der Waals surface area contributed by atoms with E-state index in [0.29, 0.717) is 19.6 Å². The average Bonchev–Trinajstić information content (AvgIpc) is 3.04. The van der Waals surface area contributed by atoms with Crippen molar-refractivity contribution >= 4 is 17.1 Å². The zero-order chi connectivity index (χ0) is 20.6. The fourth-order valence-electron chi connectivity index (χ4n) is 3.69. The van der Waals surface area contributed by atoms with E-state index in [-0.39, 0.29) is 11.9 Å². The molecule has 1 aliphatic heterocycles. The monoisotopic (exact) mass is 402 g/mol. The molecular formula is C21H34N6O2. The van der Waals surface area contributed by atoms with Crippen molar-refractivity contribution in [3.63, 3.8) is 0 Å². The number of pyridine rings is 1. The number of carbonyl (C=O) groups excluding carboxylic acids is 1. The zero-order valence-electron chi connectivity index (χ0n) is 17.9. The average molecular weight is 403 g/mol. The molecule has 0 atom stereocenters. The second-order valence-electron chi connectivity index (χ2n) is 7.81. The van der Waals surface area contributed by atoms with Crippen molar-refractivity contribution in [3.05, 3.63) is 24.2 Å². The molecule has 0 radical (unpaired) electrons. The minimum Gasteiger partial charge on any atom is -0.380 e. The lowest BCUT2D eigenvalue weighted by molar-refractivity contribution is -0.122. The number of rotatable bonds is 10. The summed E-state index contributed by atoms with van der Waals surface area (Å²) < 4.78 is 7.74. The Kier molecular flexibility index (Phi) is 7.97. The number of amides is 1. The van der Waals surface area contributed by atoms with Gasteiger partial charge in [0.15, 0.2) is 5.65 Å². The molecule has 0 unspecified atom stereocenters. The highest BCUT2D eigenvalue weighted by Crippen LogP contribution is 2.16. The molecule has 1 amide bonds. The first kappa shape index (κ1) is 21.7. The van der Waals surface area contributed by atoms with Crippen molar-refractivity contribution < 1.29 is 9.53 Å². The summed E-state index contributed by atoms with van der Waals surface area (Å²) >= 11 is 0. The molecule has 2 aromatic rings. The van der Waals surface area contributed by atoms with Gasteiger partial charge in [0.05, 0.1) is 13.2 Å². The van der Waals surface area contributed by atoms with Crippen molar-refractivity contribution in [2.75, 3.05) is 45.9 Å². The quantitative estimate of drug-likeness (QED) is 0.607. The molecule has 1 aliphatic rings. The number of piperazine rings is 1. The zero-order valence-corrected chi connectivity index (χ0v) is 17.9. The Morgan fingerprint density at radius 3 is 2.69 bits per heavy atom. The van der Waals surface area contributed by atoms with Crippen LogP contribution in [0.5, 0.6) is 0 Å². The highest BCUT2D eigenvalue weighted by molar-refractivity contribution is 5.76. The van der Waals surface area contributed by atoms with Crippen LogP contribution in [0.25, 0.3) is 11.2 Å². The number of aromatic nitrogens is 3. The molecule has 29 heavy (non-hydrogen) atoms. The molecule has 1 fully saturated rings. The van der Waals surface area contributed by atoms with E-state index in [1.807, 2.05) is 39.1 Å². The Morgan fingerprint density at radius 1 is 1.21 bits per heavy atom. The third-order valence-electron chi connectivity index (χ3n) is 5.18. The van der Waals surface area contributed by atoms with Gasteiger partial charge >= 0.3 is 0 Å². The third kappa shape index (κ3) is 6.22. The molecule has 0 saturated carbocycles. The van der Waals surface area contributed by atoms with E-state index >= 15 is 0 Å². The van der Waals surface area contributed by atoms with Crippen LogP contribution >= 0.6 is 0 Å². The summed E-state index contributed by atoms with van der Waals surface area (Å²) in [6.07, 6.45) is 2.39. The molecule has 160 valence electrons. The van der Waals surface area contributed by atoms with Crippen LogP contribution in [-0.4, -0.2) is 82.2 Å². The van der Waals surface area contributed by atoms with E-state index in [1.54, 1.807) is 0 Å². The minimum absolute atomic E-state index is 0.137. The van der Waals surface area contributed by atoms with E-state index in [9.17, 15) is 4.79 Å². The van der Waals surface area contributed by atoms with Gasteiger partial charge in [-0.15, -0.1) is 0 Å². The molecule has 0 bridgehead atoms. The number of imidazole rings is 1. The molecule has 8 nitrogen and oxygen atoms in total. The maximum atomic E-state index is 11.9. The van der Waals surface area contributed by atoms with Gasteiger partial charge in [-0.05, 0) is 32.9 Å². The summed E-state index contributed by atoms with van der Waals surface area (Å²) in [5, 5.41) is 2.96. The van der Waals surface area contributed by atoms with Gasteiger partial charge in [0.2, 0.25) is 5.91 Å². The van der Waals surface area contributed by atoms with Crippen LogP contribution in [0.2, 0.25) is 0 Å². The van der Waals surface area contributed by atoms with Crippen molar-refractivity contribution in [1.82, 2.24) is 29.7 Å². The number of fused-ring (bicyclic) bond motifs is 1. The fourth-order valence-corrected chi connectivity index (χ4v) is 3.69. The molecule has 8 heteroatoms. The normalized spacial score (nSPS) is 16.0. The molecular weight excluding hydrogens is 368 g/mol. The molecule has 0 aromatic carbocycles. The predicted octanol–water partition coefficient (Wildman–Crippen LogP) is 1.50. The lowest BCUT2D eigenvalue weighted by Gasteiger charge is -2.34. The Morgan fingerprint density at radius 2 is 1.97 bits per heavy atom. The van der Waals surface area contributed by atoms with Gasteiger partial charge in [-0.2, -0.15) is 0 Å². The van der Waals surface area contributed by atoms with Gasteiger partial charge in [0.25, 0.3) is 0 Å². The SMILES string of the molecule is CCOCCn1c(CN2CCN(CCC(=O)NC(C)C)CC2)nc2cccnc21. The topological polar surface area (TPSA) is 75.5 Å². The smallest absolute Gasteiger partial charge is 0.221 e. The molecule has 0 spiro atoms. The maximum absolute atomic E-state index is 11.9. The Bertz CT molecular complexity index is 783. The summed E-state index contributed by atoms with van der Waals surface area (Å²) in [5.41, 5.74) is 1.87. The number of carbonyl (C=O) groups is 1. The van der Waals surface area contributed by atoms with E-state index < -0.39 is 0 Å². The van der Waals surface area contributed by atoms with Crippen LogP contribution in [0.15, 0.2) is 18.3 Å². The first-order valence-corrected chi connectivity index (χ1v) is 10.7. The second kappa shape index (κ2) is 10.7. The summed E-state index contributed by atoms with van der Waals surface area (Å²) in [6, 6.07) is 4.15. The minimum atomic E-state index is 0.137. The van der Waals surface area contributed by atoms with Gasteiger partial charge in [-0.25, -0.2) is 9.97 Å². The standard InChI is InChI=1S/C21H34N6O2/c1-4-29-15-14-27-19(24-18-6-5-8-22-21(18)27)16-26-12-10-25(11-13-26)9-7-20(28)23-17(2)3/h5-6,8,17H,4,7,9-16H2,1-3H3,(H,23,28). The van der Waals surface area contributed by atoms with Gasteiger partial charge in [0, 0.05) is 64.5 Å². The van der Waals surface area contributed by atoms with Crippen LogP contribution in [0.3, 0.4) is 0 Å². The summed E-state index contributed by atoms with van der Waals surface area (Å²) in [7, 11) is 0. The summed E-state index contributed by atoms with van der Waals surface area (Å²) in [5.74, 6) is 1.18. The van der Waals surface area contributed by atoms with Gasteiger partial charge < -0.3 is 19.5 Å². The van der Waals surface area contributed by atoms with Crippen molar-refractivity contribution in [2.24, 2.45) is 0 Å². The van der Waals surface area contributed by atoms with Crippen LogP contribution in [0.4, 0.5) is 0 Å². The molecule has 2 aromatic heterocycles. The first-order chi connectivity index (χ1) is 14.1. The molecule has 0 aliphatic carbocycles. The van der Waals surface area contributed by atoms with E-state index in [4.69, 9.17) is 9.72 Å². The van der Waals surface area contributed by atoms with E-state index in [0.717, 1.165) is 62.8 Å². The lowest BCUT2D eigenvalue weighted by Crippen LogP contribution is -2.47. The Balaban J connectivity index is 1.54. The van der Waals surface area contributed by atoms with Crippen molar-refractivity contribution in [2.45, 2.75) is 46.3 Å². The first-order valence-electron chi connectivity index (χ1n) is 10.7. The summed E-state index contributed by atoms with van der Waals surface area (Å²) in [4.78, 5) is 26.0.